The summed E-state index contributed by atoms with van der Waals surface area (Å²) in [5, 5.41) is 3.47. The molecule has 2 aromatic heterocycles. The van der Waals surface area contributed by atoms with Crippen LogP contribution in [0.5, 0.6) is 11.5 Å². The van der Waals surface area contributed by atoms with Gasteiger partial charge in [0.05, 0.1) is 12.9 Å². The van der Waals surface area contributed by atoms with E-state index in [0.717, 1.165) is 28.3 Å². The van der Waals surface area contributed by atoms with Crippen molar-refractivity contribution in [1.82, 2.24) is 24.4 Å². The van der Waals surface area contributed by atoms with Crippen LogP contribution in [0.15, 0.2) is 73.1 Å². The molecule has 10 nitrogen and oxygen atoms in total. The molecule has 0 radical (unpaired) electrons. The van der Waals surface area contributed by atoms with Crippen LogP contribution in [0.3, 0.4) is 0 Å². The zero-order valence-corrected chi connectivity index (χ0v) is 24.9. The molecule has 0 spiro atoms. The molecule has 0 atom stereocenters. The summed E-state index contributed by atoms with van der Waals surface area (Å²) in [4.78, 5) is 31.2. The Balaban J connectivity index is 1.25. The molecular weight excluding hydrogens is 542 g/mol. The Kier molecular flexibility index (Phi) is 7.83. The van der Waals surface area contributed by atoms with Crippen LogP contribution in [0, 0.1) is 13.8 Å². The lowest BCUT2D eigenvalue weighted by Crippen LogP contribution is -2.35. The fourth-order valence-electron chi connectivity index (χ4n) is 5.00. The maximum atomic E-state index is 13.0. The van der Waals surface area contributed by atoms with E-state index < -0.39 is 0 Å². The molecule has 0 saturated heterocycles. The largest absolute Gasteiger partial charge is 0.454 e. The number of hydrogen-bond acceptors (Lipinski definition) is 8. The van der Waals surface area contributed by atoms with E-state index in [0.29, 0.717) is 49.0 Å². The third-order valence-electron chi connectivity index (χ3n) is 7.54. The van der Waals surface area contributed by atoms with Gasteiger partial charge >= 0.3 is 0 Å². The van der Waals surface area contributed by atoms with Gasteiger partial charge in [-0.2, -0.15) is 9.97 Å². The van der Waals surface area contributed by atoms with Crippen molar-refractivity contribution < 1.29 is 14.3 Å². The Bertz CT molecular complexity index is 1770. The van der Waals surface area contributed by atoms with Gasteiger partial charge in [-0.3, -0.25) is 4.79 Å². The minimum absolute atomic E-state index is 0.0212. The Hall–Kier alpha value is -5.12. The van der Waals surface area contributed by atoms with E-state index in [9.17, 15) is 4.79 Å². The second-order valence-electron chi connectivity index (χ2n) is 11.0. The van der Waals surface area contributed by atoms with Gasteiger partial charge in [-0.05, 0) is 49.2 Å². The molecule has 5 aromatic rings. The van der Waals surface area contributed by atoms with Crippen molar-refractivity contribution in [2.24, 2.45) is 0 Å². The lowest BCUT2D eigenvalue weighted by atomic mass is 10.1. The van der Waals surface area contributed by atoms with Gasteiger partial charge in [-0.25, -0.2) is 4.98 Å². The highest BCUT2D eigenvalue weighted by atomic mass is 16.7. The van der Waals surface area contributed by atoms with Gasteiger partial charge in [0.15, 0.2) is 28.5 Å². The number of nitrogens with one attached hydrogen (secondary N) is 1. The van der Waals surface area contributed by atoms with Crippen molar-refractivity contribution in [3.63, 3.8) is 0 Å². The highest BCUT2D eigenvalue weighted by Gasteiger charge is 2.19. The number of likely N-dealkylation sites (N-methyl/N-ethyl adjacent to an activating group) is 2. The van der Waals surface area contributed by atoms with E-state index in [1.807, 2.05) is 79.3 Å². The topological polar surface area (TPSA) is 97.6 Å². The van der Waals surface area contributed by atoms with E-state index in [1.165, 1.54) is 11.1 Å². The summed E-state index contributed by atoms with van der Waals surface area (Å²) in [6, 6.07) is 21.9. The number of carbonyl (C=O) groups is 1. The minimum Gasteiger partial charge on any atom is -0.454 e. The molecule has 0 saturated carbocycles. The number of nitrogens with zero attached hydrogens (tertiary/aromatic N) is 6. The smallest absolute Gasteiger partial charge is 0.253 e. The molecule has 3 heterocycles. The van der Waals surface area contributed by atoms with Gasteiger partial charge in [-0.15, -0.1) is 0 Å². The molecule has 6 rings (SSSR count). The number of aryl methyl sites for hydroxylation is 2. The zero-order valence-electron chi connectivity index (χ0n) is 24.9. The monoisotopic (exact) mass is 577 g/mol. The molecule has 10 heteroatoms. The van der Waals surface area contributed by atoms with Crippen LogP contribution >= 0.6 is 0 Å². The molecule has 1 aliphatic rings. The predicted molar refractivity (Wildman–Crippen MR) is 167 cm³/mol. The number of benzene rings is 3. The summed E-state index contributed by atoms with van der Waals surface area (Å²) < 4.78 is 13.0. The first kappa shape index (κ1) is 28.0. The predicted octanol–water partition coefficient (Wildman–Crippen LogP) is 5.04. The molecule has 0 unspecified atom stereocenters. The molecule has 0 fully saturated rings. The Morgan fingerprint density at radius 1 is 0.907 bits per heavy atom. The Labute approximate surface area is 250 Å². The van der Waals surface area contributed by atoms with Gasteiger partial charge in [-0.1, -0.05) is 53.6 Å². The number of aromatic nitrogens is 4. The van der Waals surface area contributed by atoms with E-state index in [-0.39, 0.29) is 12.7 Å². The normalized spacial score (nSPS) is 12.0. The van der Waals surface area contributed by atoms with Crippen LogP contribution in [0.25, 0.3) is 11.2 Å². The summed E-state index contributed by atoms with van der Waals surface area (Å²) in [6.45, 7) is 6.54. The molecular formula is C33H35N7O3. The molecule has 43 heavy (non-hydrogen) atoms. The van der Waals surface area contributed by atoms with Crippen molar-refractivity contribution in [2.45, 2.75) is 26.9 Å². The molecule has 220 valence electrons. The summed E-state index contributed by atoms with van der Waals surface area (Å²) in [5.41, 5.74) is 6.61. The van der Waals surface area contributed by atoms with Crippen LogP contribution in [-0.2, 0) is 13.1 Å². The summed E-state index contributed by atoms with van der Waals surface area (Å²) in [7, 11) is 3.75. The van der Waals surface area contributed by atoms with E-state index in [2.05, 4.69) is 36.5 Å². The average molecular weight is 578 g/mol. The van der Waals surface area contributed by atoms with Crippen LogP contribution in [0.1, 0.15) is 32.6 Å². The van der Waals surface area contributed by atoms with Crippen LogP contribution in [0.2, 0.25) is 0 Å². The lowest BCUT2D eigenvalue weighted by Gasteiger charge is -2.23. The highest BCUT2D eigenvalue weighted by Crippen LogP contribution is 2.33. The van der Waals surface area contributed by atoms with Gasteiger partial charge in [0.1, 0.15) is 0 Å². The second-order valence-corrected chi connectivity index (χ2v) is 11.0. The quantitative estimate of drug-likeness (QED) is 0.247. The summed E-state index contributed by atoms with van der Waals surface area (Å²) in [6.07, 6.45) is 1.81. The number of anilines is 2. The molecule has 1 aliphatic heterocycles. The zero-order chi connectivity index (χ0) is 29.9. The standard InChI is InChI=1S/C33H35N7O3/c1-22-8-11-26(12-9-22)32(41)38(3)14-15-39(4)33-36-30(34-18-24-10-13-27-28(17-24)43-21-42-27)29-31(37-33)40(20-35-29)19-25-7-5-6-23(2)16-25/h5-13,16-17,20H,14-15,18-19,21H2,1-4H3,(H,34,36,37). The van der Waals surface area contributed by atoms with Crippen molar-refractivity contribution in [3.05, 3.63) is 101 Å². The van der Waals surface area contributed by atoms with Crippen molar-refractivity contribution in [1.29, 1.82) is 0 Å². The maximum Gasteiger partial charge on any atom is 0.253 e. The summed E-state index contributed by atoms with van der Waals surface area (Å²) in [5.74, 6) is 2.64. The van der Waals surface area contributed by atoms with Crippen molar-refractivity contribution >= 4 is 28.8 Å². The number of amides is 1. The SMILES string of the molecule is Cc1ccc(C(=O)N(C)CCN(C)c2nc(NCc3ccc4c(c3)OCO4)c3ncn(Cc4cccc(C)c4)c3n2)cc1. The molecule has 1 amide bonds. The van der Waals surface area contributed by atoms with E-state index in [4.69, 9.17) is 24.4 Å². The average Bonchev–Trinajstić information content (AvgIpc) is 3.65. The lowest BCUT2D eigenvalue weighted by molar-refractivity contribution is 0.0798. The van der Waals surface area contributed by atoms with Gasteiger partial charge < -0.3 is 29.2 Å². The fraction of sp³-hybridized carbons (Fsp3) is 0.273. The first-order valence-electron chi connectivity index (χ1n) is 14.3. The van der Waals surface area contributed by atoms with Gasteiger partial charge in [0.2, 0.25) is 12.7 Å². The number of carbonyl (C=O) groups excluding carboxylic acids is 1. The number of hydrogen-bond donors (Lipinski definition) is 1. The minimum atomic E-state index is -0.0212. The summed E-state index contributed by atoms with van der Waals surface area (Å²) >= 11 is 0. The number of imidazole rings is 1. The maximum absolute atomic E-state index is 13.0. The van der Waals surface area contributed by atoms with Gasteiger partial charge in [0.25, 0.3) is 5.91 Å². The molecule has 0 bridgehead atoms. The van der Waals surface area contributed by atoms with Gasteiger partial charge in [0, 0.05) is 39.3 Å². The van der Waals surface area contributed by atoms with Crippen LogP contribution in [-0.4, -0.2) is 64.3 Å². The fourth-order valence-corrected chi connectivity index (χ4v) is 5.00. The van der Waals surface area contributed by atoms with Crippen molar-refractivity contribution in [2.75, 3.05) is 44.2 Å². The number of ether oxygens (including phenoxy) is 2. The molecule has 1 N–H and O–H groups in total. The third-order valence-corrected chi connectivity index (χ3v) is 7.54. The number of rotatable bonds is 10. The van der Waals surface area contributed by atoms with Crippen LogP contribution < -0.4 is 19.7 Å². The first-order chi connectivity index (χ1) is 20.8. The highest BCUT2D eigenvalue weighted by molar-refractivity contribution is 5.94. The number of fused-ring (bicyclic) bond motifs is 2. The van der Waals surface area contributed by atoms with Crippen LogP contribution in [0.4, 0.5) is 11.8 Å². The molecule has 3 aromatic carbocycles. The van der Waals surface area contributed by atoms with E-state index >= 15 is 0 Å². The Morgan fingerprint density at radius 3 is 2.53 bits per heavy atom. The Morgan fingerprint density at radius 2 is 1.72 bits per heavy atom. The third kappa shape index (κ3) is 6.23. The van der Waals surface area contributed by atoms with Crippen molar-refractivity contribution in [3.8, 4) is 11.5 Å². The molecule has 0 aliphatic carbocycles. The van der Waals surface area contributed by atoms with E-state index in [1.54, 1.807) is 4.90 Å². The first-order valence-corrected chi connectivity index (χ1v) is 14.3. The second kappa shape index (κ2) is 12.0.